The molecule has 0 fully saturated rings. The predicted octanol–water partition coefficient (Wildman–Crippen LogP) is 5.69. The summed E-state index contributed by atoms with van der Waals surface area (Å²) in [4.78, 5) is 0.582. The summed E-state index contributed by atoms with van der Waals surface area (Å²) in [5.41, 5.74) is 1.55. The fourth-order valence-electron chi connectivity index (χ4n) is 1.79. The van der Waals surface area contributed by atoms with Crippen molar-refractivity contribution in [3.63, 3.8) is 0 Å². The maximum Gasteiger partial charge on any atom is 0.119 e. The minimum absolute atomic E-state index is 0.207. The zero-order chi connectivity index (χ0) is 14.3. The number of benzene rings is 1. The highest BCUT2D eigenvalue weighted by Crippen LogP contribution is 2.24. The average molecular weight is 392 g/mol. The van der Waals surface area contributed by atoms with Gasteiger partial charge < -0.3 is 4.74 Å². The summed E-state index contributed by atoms with van der Waals surface area (Å²) >= 11 is 7.08. The Morgan fingerprint density at radius 1 is 1.11 bits per heavy atom. The molecule has 0 heterocycles. The second-order valence-corrected chi connectivity index (χ2v) is 7.81. The first-order valence-corrected chi connectivity index (χ1v) is 8.90. The number of hydrogen-bond acceptors (Lipinski definition) is 1. The van der Waals surface area contributed by atoms with Gasteiger partial charge in [0, 0.05) is 10.2 Å². The Bertz CT molecular complexity index is 354. The highest BCUT2D eigenvalue weighted by molar-refractivity contribution is 9.12. The summed E-state index contributed by atoms with van der Waals surface area (Å²) in [6.07, 6.45) is 3.50. The molecule has 0 aliphatic rings. The van der Waals surface area contributed by atoms with Gasteiger partial charge in [-0.3, -0.25) is 0 Å². The first kappa shape index (κ1) is 17.0. The van der Waals surface area contributed by atoms with E-state index in [-0.39, 0.29) is 5.41 Å². The Hall–Kier alpha value is -0.0200. The highest BCUT2D eigenvalue weighted by atomic mass is 79.9. The van der Waals surface area contributed by atoms with Crippen molar-refractivity contribution in [1.29, 1.82) is 0 Å². The van der Waals surface area contributed by atoms with Crippen molar-refractivity contribution >= 4 is 31.9 Å². The molecule has 0 saturated carbocycles. The van der Waals surface area contributed by atoms with Crippen molar-refractivity contribution in [3.05, 3.63) is 29.8 Å². The Balaban J connectivity index is 2.27. The van der Waals surface area contributed by atoms with Crippen LogP contribution in [0.15, 0.2) is 24.3 Å². The molecule has 1 nitrogen and oxygen atoms in total. The first-order chi connectivity index (χ1) is 8.93. The lowest BCUT2D eigenvalue weighted by molar-refractivity contribution is 0.305. The van der Waals surface area contributed by atoms with Gasteiger partial charge in [0.1, 0.15) is 5.75 Å². The molecule has 1 aromatic carbocycles. The number of unbranched alkanes of at least 4 members (excludes halogenated alkanes) is 1. The van der Waals surface area contributed by atoms with Gasteiger partial charge in [0.2, 0.25) is 0 Å². The van der Waals surface area contributed by atoms with Crippen molar-refractivity contribution in [2.45, 2.75) is 50.3 Å². The lowest BCUT2D eigenvalue weighted by Crippen LogP contribution is -2.10. The van der Waals surface area contributed by atoms with Crippen LogP contribution < -0.4 is 4.74 Å². The molecule has 3 heteroatoms. The predicted molar refractivity (Wildman–Crippen MR) is 91.0 cm³/mol. The number of ether oxygens (including phenoxy) is 1. The van der Waals surface area contributed by atoms with Crippen molar-refractivity contribution in [3.8, 4) is 5.75 Å². The first-order valence-electron chi connectivity index (χ1n) is 6.87. The standard InChI is InChI=1S/C16H24Br2O/c1-16(2,3)13-7-9-15(10-8-13)19-11-5-4-6-14(18)12-17/h7-10,14H,4-6,11-12H2,1-3H3. The molecule has 0 aliphatic carbocycles. The van der Waals surface area contributed by atoms with Crippen LogP contribution in [0.25, 0.3) is 0 Å². The number of hydrogen-bond donors (Lipinski definition) is 0. The van der Waals surface area contributed by atoms with Gasteiger partial charge in [-0.25, -0.2) is 0 Å². The second kappa shape index (κ2) is 8.31. The molecule has 108 valence electrons. The zero-order valence-electron chi connectivity index (χ0n) is 12.1. The molecule has 1 aromatic rings. The van der Waals surface area contributed by atoms with E-state index in [4.69, 9.17) is 4.74 Å². The van der Waals surface area contributed by atoms with E-state index >= 15 is 0 Å². The van der Waals surface area contributed by atoms with Gasteiger partial charge in [0.25, 0.3) is 0 Å². The van der Waals surface area contributed by atoms with E-state index in [1.807, 2.05) is 0 Å². The quantitative estimate of drug-likeness (QED) is 0.428. The molecule has 0 N–H and O–H groups in total. The van der Waals surface area contributed by atoms with Gasteiger partial charge in [0.05, 0.1) is 6.61 Å². The lowest BCUT2D eigenvalue weighted by Gasteiger charge is -2.19. The van der Waals surface area contributed by atoms with E-state index in [1.54, 1.807) is 0 Å². The van der Waals surface area contributed by atoms with E-state index in [0.29, 0.717) is 4.83 Å². The molecule has 1 atom stereocenters. The maximum atomic E-state index is 5.76. The number of halogens is 2. The third-order valence-electron chi connectivity index (χ3n) is 3.07. The zero-order valence-corrected chi connectivity index (χ0v) is 15.3. The Kier molecular flexibility index (Phi) is 7.45. The molecule has 1 rings (SSSR count). The summed E-state index contributed by atoms with van der Waals surface area (Å²) in [5.74, 6) is 0.976. The molecule has 0 aromatic heterocycles. The molecule has 0 radical (unpaired) electrons. The highest BCUT2D eigenvalue weighted by Gasteiger charge is 2.12. The van der Waals surface area contributed by atoms with E-state index in [9.17, 15) is 0 Å². The number of alkyl halides is 2. The van der Waals surface area contributed by atoms with E-state index < -0.39 is 0 Å². The monoisotopic (exact) mass is 390 g/mol. The fourth-order valence-corrected chi connectivity index (χ4v) is 2.43. The molecule has 0 amide bonds. The lowest BCUT2D eigenvalue weighted by atomic mass is 9.87. The van der Waals surface area contributed by atoms with E-state index in [2.05, 4.69) is 76.9 Å². The van der Waals surface area contributed by atoms with Crippen LogP contribution in [-0.2, 0) is 5.41 Å². The van der Waals surface area contributed by atoms with Crippen LogP contribution in [0.3, 0.4) is 0 Å². The van der Waals surface area contributed by atoms with Crippen LogP contribution in [0.2, 0.25) is 0 Å². The van der Waals surface area contributed by atoms with Crippen molar-refractivity contribution in [1.82, 2.24) is 0 Å². The van der Waals surface area contributed by atoms with Crippen LogP contribution in [0, 0.1) is 0 Å². The molecular weight excluding hydrogens is 368 g/mol. The van der Waals surface area contributed by atoms with Crippen LogP contribution in [0.4, 0.5) is 0 Å². The van der Waals surface area contributed by atoms with Crippen LogP contribution >= 0.6 is 31.9 Å². The molecule has 0 aliphatic heterocycles. The average Bonchev–Trinajstić information content (AvgIpc) is 2.37. The Labute approximate surface area is 134 Å². The van der Waals surface area contributed by atoms with Gasteiger partial charge >= 0.3 is 0 Å². The van der Waals surface area contributed by atoms with Gasteiger partial charge in [-0.05, 0) is 42.4 Å². The maximum absolute atomic E-state index is 5.76. The molecule has 0 spiro atoms. The smallest absolute Gasteiger partial charge is 0.119 e. The van der Waals surface area contributed by atoms with Crippen molar-refractivity contribution in [2.24, 2.45) is 0 Å². The third-order valence-corrected chi connectivity index (χ3v) is 5.50. The minimum Gasteiger partial charge on any atom is -0.494 e. The molecule has 1 unspecified atom stereocenters. The van der Waals surface area contributed by atoms with Gasteiger partial charge in [-0.15, -0.1) is 0 Å². The third kappa shape index (κ3) is 6.80. The van der Waals surface area contributed by atoms with Gasteiger partial charge in [-0.2, -0.15) is 0 Å². The van der Waals surface area contributed by atoms with Crippen molar-refractivity contribution in [2.75, 3.05) is 11.9 Å². The van der Waals surface area contributed by atoms with Crippen LogP contribution in [-0.4, -0.2) is 16.8 Å². The number of rotatable bonds is 7. The summed E-state index contributed by atoms with van der Waals surface area (Å²) in [5, 5.41) is 1.02. The van der Waals surface area contributed by atoms with Crippen LogP contribution in [0.5, 0.6) is 5.75 Å². The topological polar surface area (TPSA) is 9.23 Å². The summed E-state index contributed by atoms with van der Waals surface area (Å²) in [6, 6.07) is 8.47. The molecule has 0 saturated heterocycles. The fraction of sp³-hybridized carbons (Fsp3) is 0.625. The summed E-state index contributed by atoms with van der Waals surface area (Å²) in [6.45, 7) is 7.48. The van der Waals surface area contributed by atoms with E-state index in [1.165, 1.54) is 18.4 Å². The summed E-state index contributed by atoms with van der Waals surface area (Å²) < 4.78 is 5.76. The van der Waals surface area contributed by atoms with E-state index in [0.717, 1.165) is 24.1 Å². The molecular formula is C16H24Br2O. The van der Waals surface area contributed by atoms with Crippen LogP contribution in [0.1, 0.15) is 45.6 Å². The Morgan fingerprint density at radius 2 is 1.74 bits per heavy atom. The normalized spacial score (nSPS) is 13.3. The summed E-state index contributed by atoms with van der Waals surface area (Å²) in [7, 11) is 0. The largest absolute Gasteiger partial charge is 0.494 e. The Morgan fingerprint density at radius 3 is 2.26 bits per heavy atom. The molecule has 19 heavy (non-hydrogen) atoms. The molecule has 0 bridgehead atoms. The van der Waals surface area contributed by atoms with Gasteiger partial charge in [0.15, 0.2) is 0 Å². The van der Waals surface area contributed by atoms with Crippen molar-refractivity contribution < 1.29 is 4.74 Å². The minimum atomic E-state index is 0.207. The second-order valence-electron chi connectivity index (χ2n) is 5.87. The van der Waals surface area contributed by atoms with Gasteiger partial charge in [-0.1, -0.05) is 64.8 Å². The SMILES string of the molecule is CC(C)(C)c1ccc(OCCCCC(Br)CBr)cc1.